The van der Waals surface area contributed by atoms with E-state index in [1.54, 1.807) is 24.3 Å². The molecule has 10 heteroatoms. The van der Waals surface area contributed by atoms with Crippen molar-refractivity contribution in [3.63, 3.8) is 0 Å². The van der Waals surface area contributed by atoms with Crippen LogP contribution >= 0.6 is 11.3 Å². The van der Waals surface area contributed by atoms with Crippen LogP contribution in [0.2, 0.25) is 0 Å². The fourth-order valence-corrected chi connectivity index (χ4v) is 3.41. The lowest BCUT2D eigenvalue weighted by Gasteiger charge is -2.14. The van der Waals surface area contributed by atoms with Crippen molar-refractivity contribution in [3.8, 4) is 5.75 Å². The molecular weight excluding hydrogens is 368 g/mol. The van der Waals surface area contributed by atoms with Crippen LogP contribution in [0.4, 0.5) is 5.69 Å². The molecule has 0 saturated carbocycles. The molecule has 0 fully saturated rings. The number of carbonyl (C=O) groups excluding carboxylic acids is 2. The SMILES string of the molecule is COc1ccccc1NC(=O)C(C)OC(=O)c1csc(S(N)(=O)=O)c1. The van der Waals surface area contributed by atoms with E-state index in [2.05, 4.69) is 5.32 Å². The standard InChI is InChI=1S/C15H16N2O6S2/c1-9(14(18)17-11-5-3-4-6-12(11)22-2)23-15(19)10-7-13(24-8-10)25(16,20)21/h3-9H,1-2H3,(H,17,18)(H2,16,20,21). The maximum Gasteiger partial charge on any atom is 0.339 e. The summed E-state index contributed by atoms with van der Waals surface area (Å²) in [5.74, 6) is -0.918. The van der Waals surface area contributed by atoms with Gasteiger partial charge in [0.15, 0.2) is 6.10 Å². The van der Waals surface area contributed by atoms with Crippen molar-refractivity contribution in [1.82, 2.24) is 0 Å². The van der Waals surface area contributed by atoms with Crippen molar-refractivity contribution in [2.24, 2.45) is 5.14 Å². The minimum atomic E-state index is -3.89. The molecule has 0 aliphatic heterocycles. The van der Waals surface area contributed by atoms with Gasteiger partial charge in [0.25, 0.3) is 5.91 Å². The zero-order valence-corrected chi connectivity index (χ0v) is 15.0. The molecule has 0 spiro atoms. The van der Waals surface area contributed by atoms with Crippen molar-refractivity contribution < 1.29 is 27.5 Å². The number of methoxy groups -OCH3 is 1. The normalized spacial score (nSPS) is 12.3. The zero-order chi connectivity index (χ0) is 18.6. The zero-order valence-electron chi connectivity index (χ0n) is 13.4. The number of rotatable bonds is 6. The Morgan fingerprint density at radius 1 is 1.28 bits per heavy atom. The van der Waals surface area contributed by atoms with Crippen molar-refractivity contribution in [1.29, 1.82) is 0 Å². The molecule has 2 rings (SSSR count). The Morgan fingerprint density at radius 3 is 2.56 bits per heavy atom. The second kappa shape index (κ2) is 7.64. The number of carbonyl (C=O) groups is 2. The number of thiophene rings is 1. The van der Waals surface area contributed by atoms with Gasteiger partial charge in [-0.1, -0.05) is 12.1 Å². The molecule has 0 aliphatic rings. The summed E-state index contributed by atoms with van der Waals surface area (Å²) in [6.07, 6.45) is -1.10. The summed E-state index contributed by atoms with van der Waals surface area (Å²) in [7, 11) is -2.42. The van der Waals surface area contributed by atoms with E-state index in [1.807, 2.05) is 0 Å². The van der Waals surface area contributed by atoms with Crippen molar-refractivity contribution in [2.75, 3.05) is 12.4 Å². The average Bonchev–Trinajstić information content (AvgIpc) is 3.05. The molecule has 0 bridgehead atoms. The van der Waals surface area contributed by atoms with Crippen molar-refractivity contribution >= 4 is 38.9 Å². The first-order valence-corrected chi connectivity index (χ1v) is 9.41. The second-order valence-corrected chi connectivity index (χ2v) is 7.64. The van der Waals surface area contributed by atoms with Crippen LogP contribution in [-0.2, 0) is 19.6 Å². The predicted octanol–water partition coefficient (Wildman–Crippen LogP) is 1.59. The summed E-state index contributed by atoms with van der Waals surface area (Å²) in [6.45, 7) is 1.40. The lowest BCUT2D eigenvalue weighted by atomic mass is 10.2. The van der Waals surface area contributed by atoms with Gasteiger partial charge in [0, 0.05) is 5.38 Å². The van der Waals surface area contributed by atoms with E-state index in [0.29, 0.717) is 11.4 Å². The van der Waals surface area contributed by atoms with Gasteiger partial charge in [0.2, 0.25) is 10.0 Å². The highest BCUT2D eigenvalue weighted by molar-refractivity contribution is 7.91. The molecule has 1 atom stereocenters. The highest BCUT2D eigenvalue weighted by Gasteiger charge is 2.22. The minimum Gasteiger partial charge on any atom is -0.495 e. The Balaban J connectivity index is 2.03. The molecule has 1 unspecified atom stereocenters. The van der Waals surface area contributed by atoms with E-state index in [4.69, 9.17) is 14.6 Å². The molecule has 0 saturated heterocycles. The van der Waals surface area contributed by atoms with Gasteiger partial charge in [-0.2, -0.15) is 0 Å². The quantitative estimate of drug-likeness (QED) is 0.729. The monoisotopic (exact) mass is 384 g/mol. The number of hydrogen-bond acceptors (Lipinski definition) is 7. The van der Waals surface area contributed by atoms with Crippen LogP contribution in [-0.4, -0.2) is 33.5 Å². The Bertz CT molecular complexity index is 891. The summed E-state index contributed by atoms with van der Waals surface area (Å²) < 4.78 is 32.5. The third-order valence-corrected chi connectivity index (χ3v) is 5.50. The molecule has 3 N–H and O–H groups in total. The van der Waals surface area contributed by atoms with Gasteiger partial charge in [0.05, 0.1) is 18.4 Å². The van der Waals surface area contributed by atoms with Crippen LogP contribution in [0.1, 0.15) is 17.3 Å². The number of nitrogens with one attached hydrogen (secondary N) is 1. The highest BCUT2D eigenvalue weighted by atomic mass is 32.2. The van der Waals surface area contributed by atoms with E-state index in [9.17, 15) is 18.0 Å². The molecule has 1 aromatic carbocycles. The molecule has 1 heterocycles. The summed E-state index contributed by atoms with van der Waals surface area (Å²) >= 11 is 0.797. The Labute approximate surface area is 148 Å². The molecule has 2 aromatic rings. The Hall–Kier alpha value is -2.43. The van der Waals surface area contributed by atoms with Crippen LogP contribution < -0.4 is 15.2 Å². The number of anilines is 1. The number of ether oxygens (including phenoxy) is 2. The topological polar surface area (TPSA) is 125 Å². The molecule has 25 heavy (non-hydrogen) atoms. The van der Waals surface area contributed by atoms with E-state index in [1.165, 1.54) is 19.4 Å². The summed E-state index contributed by atoms with van der Waals surface area (Å²) in [6, 6.07) is 7.88. The number of sulfonamides is 1. The largest absolute Gasteiger partial charge is 0.495 e. The van der Waals surface area contributed by atoms with Gasteiger partial charge in [0.1, 0.15) is 9.96 Å². The maximum absolute atomic E-state index is 12.2. The van der Waals surface area contributed by atoms with Crippen LogP contribution in [0.5, 0.6) is 5.75 Å². The van der Waals surface area contributed by atoms with Gasteiger partial charge in [-0.05, 0) is 25.1 Å². The molecule has 1 amide bonds. The summed E-state index contributed by atoms with van der Waals surface area (Å²) in [5.41, 5.74) is 0.441. The predicted molar refractivity (Wildman–Crippen MR) is 92.2 cm³/mol. The number of primary sulfonamides is 1. The smallest absolute Gasteiger partial charge is 0.339 e. The van der Waals surface area contributed by atoms with Crippen LogP contribution in [0.15, 0.2) is 39.9 Å². The number of benzene rings is 1. The van der Waals surface area contributed by atoms with Gasteiger partial charge in [-0.3, -0.25) is 4.79 Å². The maximum atomic E-state index is 12.2. The molecule has 0 radical (unpaired) electrons. The van der Waals surface area contributed by atoms with Crippen LogP contribution in [0.25, 0.3) is 0 Å². The number of nitrogens with two attached hydrogens (primary N) is 1. The molecular formula is C15H16N2O6S2. The fraction of sp³-hybridized carbons (Fsp3) is 0.200. The molecule has 134 valence electrons. The average molecular weight is 384 g/mol. The summed E-state index contributed by atoms with van der Waals surface area (Å²) in [5, 5.41) is 8.88. The lowest BCUT2D eigenvalue weighted by Crippen LogP contribution is -2.30. The van der Waals surface area contributed by atoms with Crippen molar-refractivity contribution in [3.05, 3.63) is 41.3 Å². The van der Waals surface area contributed by atoms with Gasteiger partial charge in [-0.25, -0.2) is 18.4 Å². The Morgan fingerprint density at radius 2 is 1.96 bits per heavy atom. The molecule has 0 aliphatic carbocycles. The molecule has 1 aromatic heterocycles. The number of para-hydroxylation sites is 2. The second-order valence-electron chi connectivity index (χ2n) is 4.94. The van der Waals surface area contributed by atoms with E-state index in [0.717, 1.165) is 17.4 Å². The van der Waals surface area contributed by atoms with Crippen molar-refractivity contribution in [2.45, 2.75) is 17.2 Å². The lowest BCUT2D eigenvalue weighted by molar-refractivity contribution is -0.123. The minimum absolute atomic E-state index is 0.00552. The Kier molecular flexibility index (Phi) is 5.77. The first-order valence-electron chi connectivity index (χ1n) is 6.98. The van der Waals surface area contributed by atoms with E-state index in [-0.39, 0.29) is 9.77 Å². The van der Waals surface area contributed by atoms with Crippen LogP contribution in [0.3, 0.4) is 0 Å². The van der Waals surface area contributed by atoms with Gasteiger partial charge < -0.3 is 14.8 Å². The van der Waals surface area contributed by atoms with Gasteiger partial charge in [-0.15, -0.1) is 11.3 Å². The third-order valence-electron chi connectivity index (χ3n) is 3.11. The molecule has 8 nitrogen and oxygen atoms in total. The third kappa shape index (κ3) is 4.78. The van der Waals surface area contributed by atoms with E-state index < -0.39 is 28.0 Å². The van der Waals surface area contributed by atoms with E-state index >= 15 is 0 Å². The van der Waals surface area contributed by atoms with Gasteiger partial charge >= 0.3 is 5.97 Å². The number of hydrogen-bond donors (Lipinski definition) is 2. The first kappa shape index (κ1) is 18.9. The van der Waals surface area contributed by atoms with Crippen LogP contribution in [0, 0.1) is 0 Å². The summed E-state index contributed by atoms with van der Waals surface area (Å²) in [4.78, 5) is 24.2. The fourth-order valence-electron chi connectivity index (χ4n) is 1.84. The highest BCUT2D eigenvalue weighted by Crippen LogP contribution is 2.24. The first-order chi connectivity index (χ1) is 11.7. The number of amides is 1. The number of esters is 1.